The lowest BCUT2D eigenvalue weighted by molar-refractivity contribution is 0.0000904. The van der Waals surface area contributed by atoms with Crippen LogP contribution in [0.5, 0.6) is 5.75 Å². The van der Waals surface area contributed by atoms with Gasteiger partial charge in [0, 0.05) is 5.41 Å². The summed E-state index contributed by atoms with van der Waals surface area (Å²) >= 11 is 0. The van der Waals surface area contributed by atoms with Crippen molar-refractivity contribution >= 4 is 0 Å². The minimum Gasteiger partial charge on any atom is -0.493 e. The number of benzene rings is 1. The van der Waals surface area contributed by atoms with E-state index in [2.05, 4.69) is 0 Å². The molecule has 0 atom stereocenters. The van der Waals surface area contributed by atoms with Gasteiger partial charge in [-0.05, 0) is 25.0 Å². The zero-order chi connectivity index (χ0) is 9.86. The Kier molecular flexibility index (Phi) is 2.73. The molecule has 76 valence electrons. The zero-order valence-electron chi connectivity index (χ0n) is 8.28. The number of ether oxygens (including phenoxy) is 1. The quantitative estimate of drug-likeness (QED) is 0.792. The van der Waals surface area contributed by atoms with Crippen LogP contribution in [-0.2, 0) is 0 Å². The number of rotatable bonds is 4. The number of hydrogen-bond donors (Lipinski definition) is 1. The number of aliphatic hydroxyl groups is 1. The molecule has 0 amide bonds. The van der Waals surface area contributed by atoms with Gasteiger partial charge in [0.15, 0.2) is 0 Å². The van der Waals surface area contributed by atoms with Crippen LogP contribution < -0.4 is 4.74 Å². The van der Waals surface area contributed by atoms with E-state index >= 15 is 0 Å². The van der Waals surface area contributed by atoms with Crippen molar-refractivity contribution in [3.05, 3.63) is 30.3 Å². The van der Waals surface area contributed by atoms with Crippen LogP contribution in [-0.4, -0.2) is 18.3 Å². The summed E-state index contributed by atoms with van der Waals surface area (Å²) in [6, 6.07) is 9.79. The summed E-state index contributed by atoms with van der Waals surface area (Å²) in [5.41, 5.74) is 0.0514. The molecule has 1 aromatic rings. The van der Waals surface area contributed by atoms with E-state index in [1.54, 1.807) is 0 Å². The summed E-state index contributed by atoms with van der Waals surface area (Å²) in [6.45, 7) is 0.896. The van der Waals surface area contributed by atoms with E-state index in [1.165, 1.54) is 6.42 Å². The molecule has 2 nitrogen and oxygen atoms in total. The van der Waals surface area contributed by atoms with Crippen molar-refractivity contribution in [2.24, 2.45) is 5.41 Å². The fraction of sp³-hybridized carbons (Fsp3) is 0.500. The molecule has 0 radical (unpaired) electrons. The van der Waals surface area contributed by atoms with Crippen LogP contribution in [0.4, 0.5) is 0 Å². The van der Waals surface area contributed by atoms with Crippen molar-refractivity contribution in [2.75, 3.05) is 13.2 Å². The topological polar surface area (TPSA) is 29.5 Å². The molecule has 14 heavy (non-hydrogen) atoms. The first kappa shape index (κ1) is 9.53. The van der Waals surface area contributed by atoms with Gasteiger partial charge in [0.2, 0.25) is 0 Å². The first-order chi connectivity index (χ1) is 6.85. The van der Waals surface area contributed by atoms with Crippen molar-refractivity contribution in [3.63, 3.8) is 0 Å². The van der Waals surface area contributed by atoms with Crippen LogP contribution in [0, 0.1) is 5.41 Å². The molecule has 1 aliphatic carbocycles. The van der Waals surface area contributed by atoms with Crippen molar-refractivity contribution in [3.8, 4) is 5.75 Å². The molecule has 2 rings (SSSR count). The lowest BCUT2D eigenvalue weighted by Crippen LogP contribution is -2.39. The third-order valence-corrected chi connectivity index (χ3v) is 3.04. The maximum Gasteiger partial charge on any atom is 0.119 e. The van der Waals surface area contributed by atoms with Gasteiger partial charge in [0.1, 0.15) is 5.75 Å². The van der Waals surface area contributed by atoms with E-state index < -0.39 is 0 Å². The highest BCUT2D eigenvalue weighted by Crippen LogP contribution is 2.40. The average Bonchev–Trinajstić information content (AvgIpc) is 2.19. The number of aliphatic hydroxyl groups excluding tert-OH is 1. The predicted molar refractivity (Wildman–Crippen MR) is 55.3 cm³/mol. The van der Waals surface area contributed by atoms with Gasteiger partial charge in [0.05, 0.1) is 13.2 Å². The first-order valence-corrected chi connectivity index (χ1v) is 5.13. The maximum atomic E-state index is 9.23. The second-order valence-corrected chi connectivity index (χ2v) is 4.11. The summed E-state index contributed by atoms with van der Waals surface area (Å²) in [5, 5.41) is 9.23. The molecule has 2 heteroatoms. The lowest BCUT2D eigenvalue weighted by Gasteiger charge is -2.39. The number of hydrogen-bond acceptors (Lipinski definition) is 2. The van der Waals surface area contributed by atoms with Gasteiger partial charge in [-0.15, -0.1) is 0 Å². The largest absolute Gasteiger partial charge is 0.493 e. The van der Waals surface area contributed by atoms with E-state index in [-0.39, 0.29) is 12.0 Å². The molecule has 0 spiro atoms. The fourth-order valence-electron chi connectivity index (χ4n) is 1.78. The average molecular weight is 192 g/mol. The molecular weight excluding hydrogens is 176 g/mol. The molecule has 1 N–H and O–H groups in total. The summed E-state index contributed by atoms with van der Waals surface area (Å²) in [4.78, 5) is 0. The highest BCUT2D eigenvalue weighted by Gasteiger charge is 2.37. The molecule has 0 unspecified atom stereocenters. The van der Waals surface area contributed by atoms with Crippen molar-refractivity contribution < 1.29 is 9.84 Å². The molecular formula is C12H16O2. The Balaban J connectivity index is 1.88. The Bertz CT molecular complexity index is 272. The molecule has 1 fully saturated rings. The Morgan fingerprint density at radius 2 is 1.93 bits per heavy atom. The molecule has 0 aromatic heterocycles. The molecule has 0 saturated heterocycles. The minimum absolute atomic E-state index is 0.0514. The van der Waals surface area contributed by atoms with Crippen molar-refractivity contribution in [2.45, 2.75) is 19.3 Å². The van der Waals surface area contributed by atoms with Crippen molar-refractivity contribution in [1.82, 2.24) is 0 Å². The van der Waals surface area contributed by atoms with E-state index in [9.17, 15) is 5.11 Å². The van der Waals surface area contributed by atoms with Crippen molar-refractivity contribution in [1.29, 1.82) is 0 Å². The second kappa shape index (κ2) is 4.01. The normalized spacial score (nSPS) is 18.6. The second-order valence-electron chi connectivity index (χ2n) is 4.11. The van der Waals surface area contributed by atoms with Gasteiger partial charge in [-0.2, -0.15) is 0 Å². The maximum absolute atomic E-state index is 9.23. The van der Waals surface area contributed by atoms with Crippen LogP contribution in [0.3, 0.4) is 0 Å². The first-order valence-electron chi connectivity index (χ1n) is 5.13. The van der Waals surface area contributed by atoms with E-state index in [4.69, 9.17) is 4.74 Å². The molecule has 0 bridgehead atoms. The lowest BCUT2D eigenvalue weighted by atomic mass is 9.70. The summed E-state index contributed by atoms with van der Waals surface area (Å²) < 4.78 is 5.64. The molecule has 0 aliphatic heterocycles. The van der Waals surface area contributed by atoms with E-state index in [0.717, 1.165) is 18.6 Å². The molecule has 1 saturated carbocycles. The number of para-hydroxylation sites is 1. The molecule has 0 heterocycles. The summed E-state index contributed by atoms with van der Waals surface area (Å²) in [6.07, 6.45) is 3.41. The van der Waals surface area contributed by atoms with Crippen LogP contribution in [0.25, 0.3) is 0 Å². The van der Waals surface area contributed by atoms with Gasteiger partial charge >= 0.3 is 0 Å². The summed E-state index contributed by atoms with van der Waals surface area (Å²) in [5.74, 6) is 0.896. The van der Waals surface area contributed by atoms with Gasteiger partial charge < -0.3 is 9.84 Å². The van der Waals surface area contributed by atoms with Gasteiger partial charge in [-0.25, -0.2) is 0 Å². The van der Waals surface area contributed by atoms with E-state index in [0.29, 0.717) is 6.61 Å². The third-order valence-electron chi connectivity index (χ3n) is 3.04. The standard InChI is InChI=1S/C12H16O2/c13-9-12(7-4-8-12)10-14-11-5-2-1-3-6-11/h1-3,5-6,13H,4,7-10H2. The van der Waals surface area contributed by atoms with Crippen LogP contribution in [0.15, 0.2) is 30.3 Å². The third kappa shape index (κ3) is 1.90. The van der Waals surface area contributed by atoms with Gasteiger partial charge in [-0.3, -0.25) is 0 Å². The fourth-order valence-corrected chi connectivity index (χ4v) is 1.78. The van der Waals surface area contributed by atoms with Crippen LogP contribution >= 0.6 is 0 Å². The predicted octanol–water partition coefficient (Wildman–Crippen LogP) is 2.23. The minimum atomic E-state index is 0.0514. The monoisotopic (exact) mass is 192 g/mol. The highest BCUT2D eigenvalue weighted by atomic mass is 16.5. The smallest absolute Gasteiger partial charge is 0.119 e. The van der Waals surface area contributed by atoms with Crippen LogP contribution in [0.2, 0.25) is 0 Å². The Morgan fingerprint density at radius 1 is 1.21 bits per heavy atom. The Hall–Kier alpha value is -1.02. The van der Waals surface area contributed by atoms with E-state index in [1.807, 2.05) is 30.3 Å². The summed E-state index contributed by atoms with van der Waals surface area (Å²) in [7, 11) is 0. The molecule has 1 aliphatic rings. The zero-order valence-corrected chi connectivity index (χ0v) is 8.28. The Morgan fingerprint density at radius 3 is 2.43 bits per heavy atom. The highest BCUT2D eigenvalue weighted by molar-refractivity contribution is 5.21. The van der Waals surface area contributed by atoms with Gasteiger partial charge in [-0.1, -0.05) is 24.6 Å². The SMILES string of the molecule is OCC1(COc2ccccc2)CCC1. The Labute approximate surface area is 84.5 Å². The molecule has 1 aromatic carbocycles. The van der Waals surface area contributed by atoms with Crippen LogP contribution in [0.1, 0.15) is 19.3 Å². The van der Waals surface area contributed by atoms with Gasteiger partial charge in [0.25, 0.3) is 0 Å².